The fourth-order valence-electron chi connectivity index (χ4n) is 5.36. The smallest absolute Gasteiger partial charge is 0.250 e. The quantitative estimate of drug-likeness (QED) is 0.496. The Morgan fingerprint density at radius 3 is 2.44 bits per heavy atom. The average Bonchev–Trinajstić information content (AvgIpc) is 3.08. The Morgan fingerprint density at radius 2 is 1.78 bits per heavy atom. The number of nitrogens with one attached hydrogen (secondary N) is 1. The summed E-state index contributed by atoms with van der Waals surface area (Å²) < 4.78 is 5.99. The van der Waals surface area contributed by atoms with E-state index in [2.05, 4.69) is 55.2 Å². The highest BCUT2D eigenvalue weighted by Gasteiger charge is 2.25. The van der Waals surface area contributed by atoms with Crippen molar-refractivity contribution >= 4 is 17.9 Å². The van der Waals surface area contributed by atoms with Crippen molar-refractivity contribution in [2.75, 3.05) is 0 Å². The van der Waals surface area contributed by atoms with Gasteiger partial charge in [-0.15, -0.1) is 0 Å². The largest absolute Gasteiger partial charge is 0.366 e. The molecule has 1 aromatic heterocycles. The van der Waals surface area contributed by atoms with E-state index in [1.54, 1.807) is 11.9 Å². The van der Waals surface area contributed by atoms with Crippen LogP contribution in [0.2, 0.25) is 0 Å². The molecule has 5 heteroatoms. The predicted molar refractivity (Wildman–Crippen MR) is 135 cm³/mol. The van der Waals surface area contributed by atoms with Gasteiger partial charge in [0.05, 0.1) is 5.56 Å². The number of rotatable bonds is 6. The summed E-state index contributed by atoms with van der Waals surface area (Å²) in [5, 5.41) is 0. The Labute approximate surface area is 197 Å². The number of amides is 1. The zero-order valence-corrected chi connectivity index (χ0v) is 21.0. The number of benzene rings is 1. The van der Waals surface area contributed by atoms with Crippen molar-refractivity contribution in [1.29, 1.82) is 0 Å². The van der Waals surface area contributed by atoms with Crippen molar-refractivity contribution in [3.63, 3.8) is 0 Å². The van der Waals surface area contributed by atoms with Gasteiger partial charge < -0.3 is 10.3 Å². The maximum absolute atomic E-state index is 12.2. The lowest BCUT2D eigenvalue weighted by atomic mass is 9.86. The number of nitrogens with two attached hydrogens (primary N) is 1. The van der Waals surface area contributed by atoms with Gasteiger partial charge in [-0.05, 0) is 107 Å². The molecule has 0 saturated heterocycles. The fourth-order valence-corrected chi connectivity index (χ4v) is 6.26. The number of hydrogen-bond donors (Lipinski definition) is 2. The maximum atomic E-state index is 12.2. The second kappa shape index (κ2) is 9.64. The summed E-state index contributed by atoms with van der Waals surface area (Å²) in [4.78, 5) is 13.6. The zero-order chi connectivity index (χ0) is 22.9. The molecular weight excluding hydrogens is 414 g/mol. The van der Waals surface area contributed by atoms with E-state index in [1.165, 1.54) is 72.2 Å². The monoisotopic (exact) mass is 453 g/mol. The summed E-state index contributed by atoms with van der Waals surface area (Å²) in [6, 6.07) is 6.62. The molecule has 0 aliphatic heterocycles. The van der Waals surface area contributed by atoms with E-state index in [4.69, 9.17) is 5.73 Å². The highest BCUT2D eigenvalue weighted by Crippen LogP contribution is 2.39. The Balaban J connectivity index is 1.76. The topological polar surface area (TPSA) is 60.1 Å². The van der Waals surface area contributed by atoms with Crippen molar-refractivity contribution < 1.29 is 4.79 Å². The van der Waals surface area contributed by atoms with Crippen LogP contribution in [0, 0.1) is 12.8 Å². The number of primary amides is 1. The lowest BCUT2D eigenvalue weighted by Crippen LogP contribution is -2.30. The maximum Gasteiger partial charge on any atom is 0.250 e. The van der Waals surface area contributed by atoms with E-state index in [0.717, 1.165) is 25.1 Å². The Hall–Kier alpha value is -1.72. The van der Waals surface area contributed by atoms with E-state index in [9.17, 15) is 4.79 Å². The predicted octanol–water partition coefficient (Wildman–Crippen LogP) is 6.42. The van der Waals surface area contributed by atoms with Gasteiger partial charge in [-0.3, -0.25) is 9.52 Å². The minimum Gasteiger partial charge on any atom is -0.366 e. The SMILES string of the molecule is Cc1c(C(N)=O)cc(-c2ccc(SNC(C)(C)C)c3c2CCCC3)n1CC1CCCCC1. The molecule has 2 aromatic rings. The first-order chi connectivity index (χ1) is 15.2. The summed E-state index contributed by atoms with van der Waals surface area (Å²) in [5.74, 6) is 0.373. The number of fused-ring (bicyclic) bond motifs is 1. The third kappa shape index (κ3) is 5.09. The van der Waals surface area contributed by atoms with E-state index in [0.29, 0.717) is 11.5 Å². The molecule has 0 bridgehead atoms. The molecule has 0 unspecified atom stereocenters. The van der Waals surface area contributed by atoms with Crippen LogP contribution >= 0.6 is 11.9 Å². The van der Waals surface area contributed by atoms with E-state index in [-0.39, 0.29) is 11.4 Å². The van der Waals surface area contributed by atoms with E-state index >= 15 is 0 Å². The van der Waals surface area contributed by atoms with Gasteiger partial charge in [0.2, 0.25) is 0 Å². The Kier molecular flexibility index (Phi) is 7.06. The van der Waals surface area contributed by atoms with Crippen molar-refractivity contribution in [2.45, 2.75) is 102 Å². The molecule has 4 nitrogen and oxygen atoms in total. The minimum atomic E-state index is -0.318. The van der Waals surface area contributed by atoms with Crippen LogP contribution in [-0.4, -0.2) is 16.0 Å². The van der Waals surface area contributed by atoms with Crippen LogP contribution in [0.5, 0.6) is 0 Å². The van der Waals surface area contributed by atoms with Crippen LogP contribution in [0.15, 0.2) is 23.1 Å². The molecule has 0 atom stereocenters. The van der Waals surface area contributed by atoms with Gasteiger partial charge in [0.15, 0.2) is 0 Å². The fraction of sp³-hybridized carbons (Fsp3) is 0.593. The third-order valence-electron chi connectivity index (χ3n) is 7.03. The van der Waals surface area contributed by atoms with Gasteiger partial charge in [0, 0.05) is 33.9 Å². The summed E-state index contributed by atoms with van der Waals surface area (Å²) in [5.41, 5.74) is 13.0. The van der Waals surface area contributed by atoms with Gasteiger partial charge in [-0.2, -0.15) is 0 Å². The summed E-state index contributed by atoms with van der Waals surface area (Å²) in [6.07, 6.45) is 11.3. The lowest BCUT2D eigenvalue weighted by molar-refractivity contribution is 0.0999. The summed E-state index contributed by atoms with van der Waals surface area (Å²) in [6.45, 7) is 9.66. The normalized spacial score (nSPS) is 17.4. The first kappa shape index (κ1) is 23.4. The highest BCUT2D eigenvalue weighted by atomic mass is 32.2. The first-order valence-corrected chi connectivity index (χ1v) is 13.2. The van der Waals surface area contributed by atoms with Crippen LogP contribution in [-0.2, 0) is 19.4 Å². The van der Waals surface area contributed by atoms with Crippen molar-refractivity contribution in [3.8, 4) is 11.3 Å². The van der Waals surface area contributed by atoms with Crippen LogP contribution in [0.1, 0.15) is 92.9 Å². The molecule has 2 aliphatic rings. The molecule has 3 N–H and O–H groups in total. The first-order valence-electron chi connectivity index (χ1n) is 12.3. The molecule has 1 saturated carbocycles. The molecule has 4 rings (SSSR count). The number of carbonyl (C=O) groups is 1. The van der Waals surface area contributed by atoms with Gasteiger partial charge >= 0.3 is 0 Å². The van der Waals surface area contributed by atoms with Gasteiger partial charge in [0.1, 0.15) is 0 Å². The Bertz CT molecular complexity index is 980. The number of nitrogens with zero attached hydrogens (tertiary/aromatic N) is 1. The van der Waals surface area contributed by atoms with Gasteiger partial charge in [-0.25, -0.2) is 0 Å². The molecular formula is C27H39N3OS. The van der Waals surface area contributed by atoms with E-state index in [1.807, 2.05) is 0 Å². The second-order valence-electron chi connectivity index (χ2n) is 10.7. The molecule has 1 heterocycles. The van der Waals surface area contributed by atoms with Crippen LogP contribution in [0.3, 0.4) is 0 Å². The highest BCUT2D eigenvalue weighted by molar-refractivity contribution is 7.97. The van der Waals surface area contributed by atoms with Gasteiger partial charge in [0.25, 0.3) is 5.91 Å². The summed E-state index contributed by atoms with van der Waals surface area (Å²) in [7, 11) is 0. The summed E-state index contributed by atoms with van der Waals surface area (Å²) >= 11 is 1.76. The van der Waals surface area contributed by atoms with Crippen LogP contribution in [0.25, 0.3) is 11.3 Å². The molecule has 1 aromatic carbocycles. The zero-order valence-electron chi connectivity index (χ0n) is 20.2. The molecule has 1 fully saturated rings. The Morgan fingerprint density at radius 1 is 1.09 bits per heavy atom. The average molecular weight is 454 g/mol. The standard InChI is InChI=1S/C27H39N3OS/c1-18-23(26(28)31)16-24(30(18)17-19-10-6-5-7-11-19)21-14-15-25(32-29-27(2,3)4)22-13-9-8-12-20(21)22/h14-16,19,29H,5-13,17H2,1-4H3,(H2,28,31). The van der Waals surface area contributed by atoms with Crippen molar-refractivity contribution in [2.24, 2.45) is 11.7 Å². The molecule has 32 heavy (non-hydrogen) atoms. The molecule has 2 aliphatic carbocycles. The van der Waals surface area contributed by atoms with E-state index < -0.39 is 0 Å². The second-order valence-corrected chi connectivity index (χ2v) is 11.6. The van der Waals surface area contributed by atoms with Gasteiger partial charge in [-0.1, -0.05) is 25.3 Å². The number of hydrogen-bond acceptors (Lipinski definition) is 3. The molecule has 1 amide bonds. The number of aromatic nitrogens is 1. The number of carbonyl (C=O) groups excluding carboxylic acids is 1. The molecule has 0 radical (unpaired) electrons. The molecule has 0 spiro atoms. The lowest BCUT2D eigenvalue weighted by Gasteiger charge is -2.27. The third-order valence-corrected chi connectivity index (χ3v) is 8.35. The molecule has 174 valence electrons. The van der Waals surface area contributed by atoms with Crippen molar-refractivity contribution in [3.05, 3.63) is 40.6 Å². The van der Waals surface area contributed by atoms with Crippen LogP contribution < -0.4 is 10.5 Å². The van der Waals surface area contributed by atoms with Crippen LogP contribution in [0.4, 0.5) is 0 Å². The minimum absolute atomic E-state index is 0.0626. The van der Waals surface area contributed by atoms with Crippen molar-refractivity contribution in [1.82, 2.24) is 9.29 Å².